The van der Waals surface area contributed by atoms with Gasteiger partial charge < -0.3 is 20.9 Å². The summed E-state index contributed by atoms with van der Waals surface area (Å²) in [6.07, 6.45) is -1.43. The van der Waals surface area contributed by atoms with Crippen LogP contribution in [0.1, 0.15) is 5.56 Å². The van der Waals surface area contributed by atoms with E-state index in [1.165, 1.54) is 0 Å². The Hall–Kier alpha value is -2.59. The molecule has 0 aliphatic rings. The number of hydrogen-bond acceptors (Lipinski definition) is 5. The van der Waals surface area contributed by atoms with Crippen molar-refractivity contribution in [2.24, 2.45) is 5.73 Å². The van der Waals surface area contributed by atoms with Gasteiger partial charge >= 0.3 is 0 Å². The molecule has 100 valence electrons. The summed E-state index contributed by atoms with van der Waals surface area (Å²) < 4.78 is 5.15. The molecule has 7 heteroatoms. The Kier molecular flexibility index (Phi) is 5.32. The predicted molar refractivity (Wildman–Crippen MR) is 64.9 cm³/mol. The van der Waals surface area contributed by atoms with Gasteiger partial charge in [0.15, 0.2) is 6.61 Å². The zero-order valence-corrected chi connectivity index (χ0v) is 10.00. The first kappa shape index (κ1) is 14.5. The maximum atomic E-state index is 11.4. The third-order valence-corrected chi connectivity index (χ3v) is 2.19. The Bertz CT molecular complexity index is 510. The Morgan fingerprint density at radius 2 is 2.16 bits per heavy atom. The Labute approximate surface area is 109 Å². The zero-order valence-electron chi connectivity index (χ0n) is 10.00. The molecule has 1 aromatic carbocycles. The molecule has 0 saturated carbocycles. The van der Waals surface area contributed by atoms with Crippen molar-refractivity contribution in [3.8, 4) is 11.8 Å². The SMILES string of the molecule is N#Cc1ccccc1OCC(=O)NCC(O)C(N)=O. The van der Waals surface area contributed by atoms with E-state index in [0.29, 0.717) is 5.56 Å². The molecule has 0 saturated heterocycles. The molecule has 0 bridgehead atoms. The van der Waals surface area contributed by atoms with E-state index >= 15 is 0 Å². The molecule has 1 rings (SSSR count). The second-order valence-corrected chi connectivity index (χ2v) is 3.62. The summed E-state index contributed by atoms with van der Waals surface area (Å²) in [5, 5.41) is 20.1. The Morgan fingerprint density at radius 1 is 1.47 bits per heavy atom. The molecule has 0 spiro atoms. The van der Waals surface area contributed by atoms with Crippen molar-refractivity contribution in [1.82, 2.24) is 5.32 Å². The first-order chi connectivity index (χ1) is 9.04. The highest BCUT2D eigenvalue weighted by atomic mass is 16.5. The van der Waals surface area contributed by atoms with Gasteiger partial charge in [-0.25, -0.2) is 0 Å². The summed E-state index contributed by atoms with van der Waals surface area (Å²) >= 11 is 0. The lowest BCUT2D eigenvalue weighted by atomic mass is 10.2. The second-order valence-electron chi connectivity index (χ2n) is 3.62. The van der Waals surface area contributed by atoms with Gasteiger partial charge in [0.1, 0.15) is 17.9 Å². The summed E-state index contributed by atoms with van der Waals surface area (Å²) in [6, 6.07) is 8.39. The van der Waals surface area contributed by atoms with Gasteiger partial charge in [0.25, 0.3) is 5.91 Å². The highest BCUT2D eigenvalue weighted by Gasteiger charge is 2.12. The van der Waals surface area contributed by atoms with Gasteiger partial charge in [-0.05, 0) is 12.1 Å². The molecular formula is C12H13N3O4. The summed E-state index contributed by atoms with van der Waals surface area (Å²) in [7, 11) is 0. The number of nitriles is 1. The first-order valence-corrected chi connectivity index (χ1v) is 5.40. The van der Waals surface area contributed by atoms with Gasteiger partial charge in [0, 0.05) is 0 Å². The quantitative estimate of drug-likeness (QED) is 0.600. The number of rotatable bonds is 6. The molecule has 0 heterocycles. The van der Waals surface area contributed by atoms with Crippen LogP contribution in [0, 0.1) is 11.3 Å². The van der Waals surface area contributed by atoms with Crippen LogP contribution in [0.2, 0.25) is 0 Å². The molecular weight excluding hydrogens is 250 g/mol. The maximum absolute atomic E-state index is 11.4. The van der Waals surface area contributed by atoms with Crippen LogP contribution in [-0.2, 0) is 9.59 Å². The summed E-state index contributed by atoms with van der Waals surface area (Å²) in [6.45, 7) is -0.610. The van der Waals surface area contributed by atoms with Gasteiger partial charge in [-0.3, -0.25) is 9.59 Å². The Balaban J connectivity index is 2.42. The fourth-order valence-corrected chi connectivity index (χ4v) is 1.19. The van der Waals surface area contributed by atoms with Crippen molar-refractivity contribution in [1.29, 1.82) is 5.26 Å². The van der Waals surface area contributed by atoms with Crippen LogP contribution in [0.3, 0.4) is 0 Å². The summed E-state index contributed by atoms with van der Waals surface area (Å²) in [5.41, 5.74) is 5.13. The molecule has 2 amide bonds. The second kappa shape index (κ2) is 6.98. The minimum Gasteiger partial charge on any atom is -0.482 e. The lowest BCUT2D eigenvalue weighted by Crippen LogP contribution is -2.41. The van der Waals surface area contributed by atoms with Gasteiger partial charge in [-0.15, -0.1) is 0 Å². The molecule has 0 fully saturated rings. The van der Waals surface area contributed by atoms with E-state index in [1.54, 1.807) is 24.3 Å². The van der Waals surface area contributed by atoms with Crippen LogP contribution in [0.15, 0.2) is 24.3 Å². The monoisotopic (exact) mass is 263 g/mol. The minimum atomic E-state index is -1.43. The fourth-order valence-electron chi connectivity index (χ4n) is 1.19. The van der Waals surface area contributed by atoms with Crippen LogP contribution in [0.4, 0.5) is 0 Å². The number of nitrogens with zero attached hydrogens (tertiary/aromatic N) is 1. The van der Waals surface area contributed by atoms with E-state index in [0.717, 1.165) is 0 Å². The van der Waals surface area contributed by atoms with Crippen molar-refractivity contribution in [3.05, 3.63) is 29.8 Å². The molecule has 19 heavy (non-hydrogen) atoms. The molecule has 0 aliphatic heterocycles. The molecule has 0 aromatic heterocycles. The molecule has 7 nitrogen and oxygen atoms in total. The number of nitrogens with two attached hydrogens (primary N) is 1. The number of para-hydroxylation sites is 1. The maximum Gasteiger partial charge on any atom is 0.258 e. The van der Waals surface area contributed by atoms with E-state index in [4.69, 9.17) is 20.8 Å². The predicted octanol–water partition coefficient (Wildman–Crippen LogP) is -1.10. The molecule has 4 N–H and O–H groups in total. The van der Waals surface area contributed by atoms with Crippen molar-refractivity contribution >= 4 is 11.8 Å². The highest BCUT2D eigenvalue weighted by molar-refractivity contribution is 5.81. The smallest absolute Gasteiger partial charge is 0.258 e. The fraction of sp³-hybridized carbons (Fsp3) is 0.250. The number of carbonyl (C=O) groups excluding carboxylic acids is 2. The van der Waals surface area contributed by atoms with Crippen LogP contribution < -0.4 is 15.8 Å². The number of benzene rings is 1. The van der Waals surface area contributed by atoms with Gasteiger partial charge in [0.05, 0.1) is 12.1 Å². The lowest BCUT2D eigenvalue weighted by molar-refractivity contribution is -0.127. The molecule has 1 atom stereocenters. The van der Waals surface area contributed by atoms with Crippen molar-refractivity contribution in [2.75, 3.05) is 13.2 Å². The summed E-state index contributed by atoms with van der Waals surface area (Å²) in [5.74, 6) is -1.17. The van der Waals surface area contributed by atoms with Gasteiger partial charge in [-0.1, -0.05) is 12.1 Å². The van der Waals surface area contributed by atoms with E-state index in [1.807, 2.05) is 6.07 Å². The minimum absolute atomic E-state index is 0.280. The van der Waals surface area contributed by atoms with E-state index < -0.39 is 17.9 Å². The largest absolute Gasteiger partial charge is 0.482 e. The number of carbonyl (C=O) groups is 2. The molecule has 1 aromatic rings. The number of aliphatic hydroxyl groups is 1. The third kappa shape index (κ3) is 4.65. The van der Waals surface area contributed by atoms with Gasteiger partial charge in [-0.2, -0.15) is 5.26 Å². The van der Waals surface area contributed by atoms with Crippen molar-refractivity contribution in [3.63, 3.8) is 0 Å². The number of ether oxygens (including phenoxy) is 1. The first-order valence-electron chi connectivity index (χ1n) is 5.40. The molecule has 0 aliphatic carbocycles. The number of nitrogens with one attached hydrogen (secondary N) is 1. The standard InChI is InChI=1S/C12H13N3O4/c13-5-8-3-1-2-4-10(8)19-7-11(17)15-6-9(16)12(14)18/h1-4,9,16H,6-7H2,(H2,14,18)(H,15,17). The number of hydrogen-bond donors (Lipinski definition) is 3. The number of amides is 2. The normalized spacial score (nSPS) is 11.2. The topological polar surface area (TPSA) is 125 Å². The van der Waals surface area contributed by atoms with Crippen molar-refractivity contribution in [2.45, 2.75) is 6.10 Å². The van der Waals surface area contributed by atoms with E-state index in [9.17, 15) is 9.59 Å². The van der Waals surface area contributed by atoms with Crippen LogP contribution in [0.25, 0.3) is 0 Å². The average Bonchev–Trinajstić information content (AvgIpc) is 2.42. The van der Waals surface area contributed by atoms with E-state index in [-0.39, 0.29) is 18.9 Å². The lowest BCUT2D eigenvalue weighted by Gasteiger charge is -2.10. The molecule has 1 unspecified atom stereocenters. The van der Waals surface area contributed by atoms with Crippen LogP contribution in [-0.4, -0.2) is 36.2 Å². The number of primary amides is 1. The van der Waals surface area contributed by atoms with Crippen molar-refractivity contribution < 1.29 is 19.4 Å². The van der Waals surface area contributed by atoms with Gasteiger partial charge in [0.2, 0.25) is 5.91 Å². The zero-order chi connectivity index (χ0) is 14.3. The average molecular weight is 263 g/mol. The highest BCUT2D eigenvalue weighted by Crippen LogP contribution is 2.15. The van der Waals surface area contributed by atoms with Crippen LogP contribution in [0.5, 0.6) is 5.75 Å². The number of aliphatic hydroxyl groups excluding tert-OH is 1. The third-order valence-electron chi connectivity index (χ3n) is 2.19. The van der Waals surface area contributed by atoms with Crippen LogP contribution >= 0.6 is 0 Å². The Morgan fingerprint density at radius 3 is 2.79 bits per heavy atom. The summed E-state index contributed by atoms with van der Waals surface area (Å²) in [4.78, 5) is 21.9. The van der Waals surface area contributed by atoms with E-state index in [2.05, 4.69) is 5.32 Å². The molecule has 0 radical (unpaired) electrons.